The molecule has 0 aliphatic rings. The Bertz CT molecular complexity index is 1470. The molecule has 1 amide bonds. The maximum Gasteiger partial charge on any atom is 0.255 e. The predicted octanol–water partition coefficient (Wildman–Crippen LogP) is 7.61. The van der Waals surface area contributed by atoms with E-state index >= 15 is 0 Å². The fourth-order valence-electron chi connectivity index (χ4n) is 4.44. The summed E-state index contributed by atoms with van der Waals surface area (Å²) in [5.74, 6) is 0.406. The highest BCUT2D eigenvalue weighted by Crippen LogP contribution is 2.40. The van der Waals surface area contributed by atoms with E-state index in [0.717, 1.165) is 33.3 Å². The molecular weight excluding hydrogens is 432 g/mol. The van der Waals surface area contributed by atoms with Crippen LogP contribution in [0.15, 0.2) is 101 Å². The van der Waals surface area contributed by atoms with Crippen LogP contribution in [0.25, 0.3) is 33.4 Å². The number of furan rings is 1. The van der Waals surface area contributed by atoms with Crippen molar-refractivity contribution in [3.8, 4) is 22.5 Å². The zero-order valence-corrected chi connectivity index (χ0v) is 20.1. The largest absolute Gasteiger partial charge is 0.455 e. The first-order valence-electron chi connectivity index (χ1n) is 11.8. The fraction of sp³-hybridized carbons (Fsp3) is 0.129. The lowest BCUT2D eigenvalue weighted by Gasteiger charge is -2.19. The Morgan fingerprint density at radius 2 is 1.49 bits per heavy atom. The molecule has 0 bridgehead atoms. The van der Waals surface area contributed by atoms with Gasteiger partial charge in [0.2, 0.25) is 0 Å². The highest BCUT2D eigenvalue weighted by molar-refractivity contribution is 6.12. The van der Waals surface area contributed by atoms with Crippen molar-refractivity contribution in [3.63, 3.8) is 0 Å². The van der Waals surface area contributed by atoms with Crippen LogP contribution in [0.2, 0.25) is 0 Å². The second-order valence-corrected chi connectivity index (χ2v) is 8.79. The minimum atomic E-state index is -0.170. The first-order valence-corrected chi connectivity index (χ1v) is 11.8. The van der Waals surface area contributed by atoms with Gasteiger partial charge in [-0.25, -0.2) is 0 Å². The summed E-state index contributed by atoms with van der Waals surface area (Å²) >= 11 is 0. The molecule has 174 valence electrons. The zero-order valence-electron chi connectivity index (χ0n) is 20.1. The van der Waals surface area contributed by atoms with E-state index in [-0.39, 0.29) is 11.9 Å². The molecule has 35 heavy (non-hydrogen) atoms. The molecule has 0 spiro atoms. The van der Waals surface area contributed by atoms with E-state index < -0.39 is 0 Å². The van der Waals surface area contributed by atoms with E-state index in [1.165, 1.54) is 5.56 Å². The first kappa shape index (κ1) is 22.5. The van der Waals surface area contributed by atoms with Gasteiger partial charge in [0, 0.05) is 41.4 Å². The molecule has 1 unspecified atom stereocenters. The minimum Gasteiger partial charge on any atom is -0.455 e. The average Bonchev–Trinajstić information content (AvgIpc) is 3.27. The molecule has 4 nitrogen and oxygen atoms in total. The van der Waals surface area contributed by atoms with Gasteiger partial charge in [0.1, 0.15) is 11.3 Å². The van der Waals surface area contributed by atoms with Crippen molar-refractivity contribution in [2.24, 2.45) is 0 Å². The maximum absolute atomic E-state index is 13.1. The van der Waals surface area contributed by atoms with E-state index in [9.17, 15) is 4.79 Å². The van der Waals surface area contributed by atoms with Gasteiger partial charge in [-0.1, -0.05) is 90.5 Å². The smallest absolute Gasteiger partial charge is 0.255 e. The molecule has 0 fully saturated rings. The van der Waals surface area contributed by atoms with Crippen LogP contribution in [-0.2, 0) is 0 Å². The zero-order chi connectivity index (χ0) is 24.4. The number of carbonyl (C=O) groups excluding carboxylic acids is 1. The topological polar surface area (TPSA) is 54.3 Å². The molecule has 4 heteroatoms. The predicted molar refractivity (Wildman–Crippen MR) is 144 cm³/mol. The Balaban J connectivity index is 1.72. The number of hydrogen-bond acceptors (Lipinski definition) is 3. The summed E-state index contributed by atoms with van der Waals surface area (Å²) in [5, 5.41) is 7.26. The molecule has 2 N–H and O–H groups in total. The fourth-order valence-corrected chi connectivity index (χ4v) is 4.44. The molecule has 0 saturated heterocycles. The summed E-state index contributed by atoms with van der Waals surface area (Å²) in [6, 6.07) is 32.8. The van der Waals surface area contributed by atoms with Crippen molar-refractivity contribution in [2.75, 3.05) is 12.4 Å². The van der Waals surface area contributed by atoms with Gasteiger partial charge in [-0.2, -0.15) is 0 Å². The third-order valence-electron chi connectivity index (χ3n) is 6.35. The molecule has 1 heterocycles. The summed E-state index contributed by atoms with van der Waals surface area (Å²) in [6.07, 6.45) is 0. The third kappa shape index (κ3) is 4.43. The van der Waals surface area contributed by atoms with Crippen molar-refractivity contribution in [1.82, 2.24) is 5.32 Å². The monoisotopic (exact) mass is 460 g/mol. The lowest BCUT2D eigenvalue weighted by molar-refractivity contribution is 0.0964. The van der Waals surface area contributed by atoms with Gasteiger partial charge in [0.05, 0.1) is 5.56 Å². The standard InChI is InChI=1S/C31H28N2O2/c1-20-14-16-24(17-15-20)30-29(31(34)32-3)26-18-25(23-12-8-5-9-13-23)27(19-28(26)35-30)33-21(2)22-10-6-4-7-11-22/h4-19,21,33H,1-3H3,(H,32,34). The van der Waals surface area contributed by atoms with Gasteiger partial charge in [-0.05, 0) is 31.0 Å². The van der Waals surface area contributed by atoms with Crippen LogP contribution in [0.1, 0.15) is 34.5 Å². The summed E-state index contributed by atoms with van der Waals surface area (Å²) in [5.41, 5.74) is 7.47. The third-order valence-corrected chi connectivity index (χ3v) is 6.35. The maximum atomic E-state index is 13.1. The second kappa shape index (κ2) is 9.51. The first-order chi connectivity index (χ1) is 17.0. The van der Waals surface area contributed by atoms with Crippen molar-refractivity contribution in [2.45, 2.75) is 19.9 Å². The quantitative estimate of drug-likeness (QED) is 0.274. The van der Waals surface area contributed by atoms with E-state index in [1.807, 2.05) is 73.7 Å². The highest BCUT2D eigenvalue weighted by atomic mass is 16.3. The molecule has 5 rings (SSSR count). The number of fused-ring (bicyclic) bond motifs is 1. The Labute approximate surface area is 205 Å². The molecule has 0 aliphatic carbocycles. The Kier molecular flexibility index (Phi) is 6.11. The second-order valence-electron chi connectivity index (χ2n) is 8.79. The van der Waals surface area contributed by atoms with Crippen LogP contribution in [0.5, 0.6) is 0 Å². The van der Waals surface area contributed by atoms with Crippen LogP contribution < -0.4 is 10.6 Å². The van der Waals surface area contributed by atoms with E-state index in [2.05, 4.69) is 47.9 Å². The number of nitrogens with one attached hydrogen (secondary N) is 2. The van der Waals surface area contributed by atoms with Gasteiger partial charge in [-0.3, -0.25) is 4.79 Å². The van der Waals surface area contributed by atoms with Gasteiger partial charge in [0.15, 0.2) is 0 Å². The number of amides is 1. The number of rotatable bonds is 6. The summed E-state index contributed by atoms with van der Waals surface area (Å²) < 4.78 is 6.37. The van der Waals surface area contributed by atoms with E-state index in [1.54, 1.807) is 7.05 Å². The summed E-state index contributed by atoms with van der Waals surface area (Å²) in [7, 11) is 1.65. The lowest BCUT2D eigenvalue weighted by Crippen LogP contribution is -2.18. The normalized spacial score (nSPS) is 11.9. The van der Waals surface area contributed by atoms with E-state index in [4.69, 9.17) is 4.42 Å². The van der Waals surface area contributed by atoms with Crippen molar-refractivity contribution >= 4 is 22.6 Å². The van der Waals surface area contributed by atoms with E-state index in [0.29, 0.717) is 16.9 Å². The average molecular weight is 461 g/mol. The van der Waals surface area contributed by atoms with Crippen LogP contribution in [0.3, 0.4) is 0 Å². The number of hydrogen-bond donors (Lipinski definition) is 2. The molecule has 0 saturated carbocycles. The molecule has 1 aromatic heterocycles. The molecule has 0 radical (unpaired) electrons. The number of carbonyl (C=O) groups is 1. The van der Waals surface area contributed by atoms with Crippen molar-refractivity contribution < 1.29 is 9.21 Å². The van der Waals surface area contributed by atoms with Crippen molar-refractivity contribution in [3.05, 3.63) is 114 Å². The van der Waals surface area contributed by atoms with Crippen LogP contribution in [-0.4, -0.2) is 13.0 Å². The van der Waals surface area contributed by atoms with Crippen LogP contribution in [0.4, 0.5) is 5.69 Å². The van der Waals surface area contributed by atoms with Crippen LogP contribution in [0, 0.1) is 6.92 Å². The Hall–Kier alpha value is -4.31. The SMILES string of the molecule is CNC(=O)c1c(-c2ccc(C)cc2)oc2cc(NC(C)c3ccccc3)c(-c3ccccc3)cc12. The summed E-state index contributed by atoms with van der Waals surface area (Å²) in [6.45, 7) is 4.18. The molecule has 4 aromatic carbocycles. The minimum absolute atomic E-state index is 0.0843. The number of anilines is 1. The number of aryl methyl sites for hydroxylation is 1. The van der Waals surface area contributed by atoms with Crippen molar-refractivity contribution in [1.29, 1.82) is 0 Å². The molecule has 5 aromatic rings. The lowest BCUT2D eigenvalue weighted by atomic mass is 9.97. The van der Waals surface area contributed by atoms with Gasteiger partial charge in [-0.15, -0.1) is 0 Å². The summed E-state index contributed by atoms with van der Waals surface area (Å²) in [4.78, 5) is 13.1. The van der Waals surface area contributed by atoms with Gasteiger partial charge < -0.3 is 15.1 Å². The molecule has 1 atom stereocenters. The molecular formula is C31H28N2O2. The molecule has 0 aliphatic heterocycles. The highest BCUT2D eigenvalue weighted by Gasteiger charge is 2.23. The van der Waals surface area contributed by atoms with Gasteiger partial charge >= 0.3 is 0 Å². The number of benzene rings is 4. The Morgan fingerprint density at radius 3 is 2.14 bits per heavy atom. The van der Waals surface area contributed by atoms with Gasteiger partial charge in [0.25, 0.3) is 5.91 Å². The van der Waals surface area contributed by atoms with Crippen LogP contribution >= 0.6 is 0 Å². The Morgan fingerprint density at radius 1 is 0.829 bits per heavy atom.